The number of nitrogens with one attached hydrogen (secondary N) is 2. The average molecular weight is 287 g/mol. The minimum atomic E-state index is 0.269. The van der Waals surface area contributed by atoms with Crippen LogP contribution in [0.1, 0.15) is 73.1 Å². The van der Waals surface area contributed by atoms with Crippen LogP contribution in [0.4, 0.5) is 0 Å². The fourth-order valence-corrected chi connectivity index (χ4v) is 2.58. The highest BCUT2D eigenvalue weighted by Crippen LogP contribution is 2.31. The molecule has 0 aromatic heterocycles. The first-order valence-electron chi connectivity index (χ1n) is 8.70. The fourth-order valence-electron chi connectivity index (χ4n) is 2.58. The number of hydrogen-bond acceptors (Lipinski definition) is 2. The molecule has 3 heteroatoms. The summed E-state index contributed by atoms with van der Waals surface area (Å²) >= 11 is 0. The lowest BCUT2D eigenvalue weighted by Gasteiger charge is -2.27. The van der Waals surface area contributed by atoms with E-state index >= 15 is 0 Å². The van der Waals surface area contributed by atoms with Gasteiger partial charge in [0.05, 0.1) is 0 Å². The molecule has 0 atom stereocenters. The number of likely N-dealkylation sites (N-methyl/N-ethyl adjacent to an activating group) is 1. The van der Waals surface area contributed by atoms with Crippen LogP contribution in [-0.4, -0.2) is 26.0 Å². The topological polar surface area (TPSA) is 41.1 Å². The SMILES string of the molecule is CC.CC.CCCC1CCC(C(=O)NCCNC)CC1. The molecule has 1 amide bonds. The summed E-state index contributed by atoms with van der Waals surface area (Å²) in [6.07, 6.45) is 7.31. The summed E-state index contributed by atoms with van der Waals surface area (Å²) in [6, 6.07) is 0. The Labute approximate surface area is 127 Å². The van der Waals surface area contributed by atoms with E-state index in [0.29, 0.717) is 0 Å². The molecule has 3 nitrogen and oxygen atoms in total. The van der Waals surface area contributed by atoms with E-state index in [9.17, 15) is 4.79 Å². The summed E-state index contributed by atoms with van der Waals surface area (Å²) in [5.74, 6) is 1.43. The van der Waals surface area contributed by atoms with Crippen molar-refractivity contribution >= 4 is 5.91 Å². The van der Waals surface area contributed by atoms with Gasteiger partial charge in [0.25, 0.3) is 0 Å². The highest BCUT2D eigenvalue weighted by atomic mass is 16.1. The van der Waals surface area contributed by atoms with Gasteiger partial charge in [-0.05, 0) is 38.6 Å². The van der Waals surface area contributed by atoms with Crippen molar-refractivity contribution in [2.24, 2.45) is 11.8 Å². The molecule has 0 bridgehead atoms. The summed E-state index contributed by atoms with van der Waals surface area (Å²) in [5.41, 5.74) is 0. The van der Waals surface area contributed by atoms with Crippen LogP contribution in [0.15, 0.2) is 0 Å². The second-order valence-electron chi connectivity index (χ2n) is 4.90. The van der Waals surface area contributed by atoms with Gasteiger partial charge in [0.1, 0.15) is 0 Å². The van der Waals surface area contributed by atoms with E-state index in [1.165, 1.54) is 25.7 Å². The van der Waals surface area contributed by atoms with Gasteiger partial charge in [0.15, 0.2) is 0 Å². The van der Waals surface area contributed by atoms with E-state index in [4.69, 9.17) is 0 Å². The van der Waals surface area contributed by atoms with Crippen LogP contribution in [0.5, 0.6) is 0 Å². The highest BCUT2D eigenvalue weighted by Gasteiger charge is 2.25. The van der Waals surface area contributed by atoms with Crippen molar-refractivity contribution in [1.82, 2.24) is 10.6 Å². The second kappa shape index (κ2) is 16.5. The quantitative estimate of drug-likeness (QED) is 0.725. The predicted molar refractivity (Wildman–Crippen MR) is 90.0 cm³/mol. The normalized spacial score (nSPS) is 20.9. The summed E-state index contributed by atoms with van der Waals surface area (Å²) in [6.45, 7) is 11.9. The smallest absolute Gasteiger partial charge is 0.223 e. The Balaban J connectivity index is 0. The molecule has 20 heavy (non-hydrogen) atoms. The molecule has 0 unspecified atom stereocenters. The molecule has 0 radical (unpaired) electrons. The first-order valence-corrected chi connectivity index (χ1v) is 8.70. The number of rotatable bonds is 6. The first-order chi connectivity index (χ1) is 9.77. The summed E-state index contributed by atoms with van der Waals surface area (Å²) in [7, 11) is 1.90. The molecule has 1 aliphatic rings. The van der Waals surface area contributed by atoms with Crippen molar-refractivity contribution in [3.63, 3.8) is 0 Å². The monoisotopic (exact) mass is 286 g/mol. The van der Waals surface area contributed by atoms with Gasteiger partial charge < -0.3 is 10.6 Å². The number of hydrogen-bond donors (Lipinski definition) is 2. The van der Waals surface area contributed by atoms with Crippen molar-refractivity contribution in [1.29, 1.82) is 0 Å². The van der Waals surface area contributed by atoms with Crippen LogP contribution in [0.25, 0.3) is 0 Å². The van der Waals surface area contributed by atoms with E-state index < -0.39 is 0 Å². The first kappa shape index (κ1) is 21.7. The average Bonchev–Trinajstić information content (AvgIpc) is 2.52. The zero-order valence-electron chi connectivity index (χ0n) is 14.7. The summed E-state index contributed by atoms with van der Waals surface area (Å²) in [4.78, 5) is 11.8. The van der Waals surface area contributed by atoms with Gasteiger partial charge in [0, 0.05) is 19.0 Å². The van der Waals surface area contributed by atoms with Crippen molar-refractivity contribution in [3.8, 4) is 0 Å². The molecular formula is C17H38N2O. The fraction of sp³-hybridized carbons (Fsp3) is 0.941. The number of amides is 1. The van der Waals surface area contributed by atoms with E-state index in [-0.39, 0.29) is 11.8 Å². The Morgan fingerprint density at radius 1 is 1.00 bits per heavy atom. The van der Waals surface area contributed by atoms with Crippen LogP contribution in [0.2, 0.25) is 0 Å². The maximum atomic E-state index is 11.8. The van der Waals surface area contributed by atoms with Crippen LogP contribution in [-0.2, 0) is 4.79 Å². The molecule has 122 valence electrons. The standard InChI is InChI=1S/C13H26N2O.2C2H6/c1-3-4-11-5-7-12(8-6-11)13(16)15-10-9-14-2;2*1-2/h11-12,14H,3-10H2,1-2H3,(H,15,16);2*1-2H3. The molecule has 1 saturated carbocycles. The van der Waals surface area contributed by atoms with Crippen molar-refractivity contribution in [2.45, 2.75) is 73.1 Å². The molecule has 0 aromatic carbocycles. The van der Waals surface area contributed by atoms with Crippen molar-refractivity contribution in [2.75, 3.05) is 20.1 Å². The van der Waals surface area contributed by atoms with Gasteiger partial charge in [-0.25, -0.2) is 0 Å². The van der Waals surface area contributed by atoms with Gasteiger partial charge in [0.2, 0.25) is 5.91 Å². The number of carbonyl (C=O) groups is 1. The molecule has 1 rings (SSSR count). The molecule has 0 aliphatic heterocycles. The molecule has 1 aliphatic carbocycles. The predicted octanol–water partition coefficient (Wildman–Crippen LogP) is 3.98. The maximum Gasteiger partial charge on any atom is 0.223 e. The number of carbonyl (C=O) groups excluding carboxylic acids is 1. The molecule has 0 heterocycles. The van der Waals surface area contributed by atoms with E-state index in [0.717, 1.165) is 31.8 Å². The molecule has 0 aromatic rings. The zero-order chi connectivity index (χ0) is 15.8. The maximum absolute atomic E-state index is 11.8. The van der Waals surface area contributed by atoms with Gasteiger partial charge >= 0.3 is 0 Å². The zero-order valence-corrected chi connectivity index (χ0v) is 14.7. The molecule has 1 fully saturated rings. The Bertz CT molecular complexity index is 199. The van der Waals surface area contributed by atoms with E-state index in [1.54, 1.807) is 0 Å². The Morgan fingerprint density at radius 3 is 2.00 bits per heavy atom. The lowest BCUT2D eigenvalue weighted by atomic mass is 9.80. The molecular weight excluding hydrogens is 248 g/mol. The largest absolute Gasteiger partial charge is 0.355 e. The molecule has 2 N–H and O–H groups in total. The van der Waals surface area contributed by atoms with Crippen LogP contribution < -0.4 is 10.6 Å². The van der Waals surface area contributed by atoms with Crippen molar-refractivity contribution < 1.29 is 4.79 Å². The Kier molecular flexibility index (Phi) is 17.9. The minimum absolute atomic E-state index is 0.269. The highest BCUT2D eigenvalue weighted by molar-refractivity contribution is 5.78. The summed E-state index contributed by atoms with van der Waals surface area (Å²) < 4.78 is 0. The third-order valence-corrected chi connectivity index (χ3v) is 3.59. The van der Waals surface area contributed by atoms with Crippen LogP contribution in [0, 0.1) is 11.8 Å². The van der Waals surface area contributed by atoms with E-state index in [2.05, 4.69) is 17.6 Å². The Morgan fingerprint density at radius 2 is 1.55 bits per heavy atom. The minimum Gasteiger partial charge on any atom is -0.355 e. The van der Waals surface area contributed by atoms with Gasteiger partial charge in [-0.15, -0.1) is 0 Å². The van der Waals surface area contributed by atoms with Gasteiger partial charge in [-0.1, -0.05) is 47.5 Å². The Hall–Kier alpha value is -0.570. The summed E-state index contributed by atoms with van der Waals surface area (Å²) in [5, 5.41) is 6.03. The third-order valence-electron chi connectivity index (χ3n) is 3.59. The van der Waals surface area contributed by atoms with Gasteiger partial charge in [-0.3, -0.25) is 4.79 Å². The second-order valence-corrected chi connectivity index (χ2v) is 4.90. The lowest BCUT2D eigenvalue weighted by Crippen LogP contribution is -2.36. The van der Waals surface area contributed by atoms with Crippen LogP contribution >= 0.6 is 0 Å². The molecule has 0 saturated heterocycles. The van der Waals surface area contributed by atoms with E-state index in [1.807, 2.05) is 34.7 Å². The third kappa shape index (κ3) is 10.2. The van der Waals surface area contributed by atoms with Crippen molar-refractivity contribution in [3.05, 3.63) is 0 Å². The lowest BCUT2D eigenvalue weighted by molar-refractivity contribution is -0.126. The van der Waals surface area contributed by atoms with Gasteiger partial charge in [-0.2, -0.15) is 0 Å². The van der Waals surface area contributed by atoms with Crippen LogP contribution in [0.3, 0.4) is 0 Å². The molecule has 0 spiro atoms.